The zero-order chi connectivity index (χ0) is 19.9. The SMILES string of the molecule is Cc1cc2c(cc1S(=O)(=O)N1CCC[C@@H](C(=O)N3CCCC3)C1)OCC(=O)N2. The molecule has 28 heavy (non-hydrogen) atoms. The Morgan fingerprint density at radius 2 is 1.93 bits per heavy atom. The van der Waals surface area contributed by atoms with E-state index in [2.05, 4.69) is 5.32 Å². The number of hydrogen-bond acceptors (Lipinski definition) is 5. The number of aryl methyl sites for hydroxylation is 1. The van der Waals surface area contributed by atoms with Crippen LogP contribution in [0.3, 0.4) is 0 Å². The second-order valence-corrected chi connectivity index (χ2v) is 9.59. The third-order valence-electron chi connectivity index (χ3n) is 5.68. The lowest BCUT2D eigenvalue weighted by molar-refractivity contribution is -0.135. The summed E-state index contributed by atoms with van der Waals surface area (Å²) in [6.45, 7) is 3.73. The number of carbonyl (C=O) groups is 2. The Morgan fingerprint density at radius 3 is 2.68 bits per heavy atom. The molecule has 1 atom stereocenters. The number of sulfonamides is 1. The monoisotopic (exact) mass is 407 g/mol. The molecule has 1 aromatic carbocycles. The summed E-state index contributed by atoms with van der Waals surface area (Å²) in [6, 6.07) is 3.10. The lowest BCUT2D eigenvalue weighted by Gasteiger charge is -2.33. The molecule has 1 N–H and O–H groups in total. The average Bonchev–Trinajstić information content (AvgIpc) is 3.21. The number of nitrogens with one attached hydrogen (secondary N) is 1. The highest BCUT2D eigenvalue weighted by Gasteiger charge is 2.36. The van der Waals surface area contributed by atoms with Crippen molar-refractivity contribution in [3.63, 3.8) is 0 Å². The van der Waals surface area contributed by atoms with Crippen molar-refractivity contribution in [1.82, 2.24) is 9.21 Å². The van der Waals surface area contributed by atoms with Crippen molar-refractivity contribution in [2.24, 2.45) is 5.92 Å². The van der Waals surface area contributed by atoms with Crippen molar-refractivity contribution < 1.29 is 22.7 Å². The number of amides is 2. The fraction of sp³-hybridized carbons (Fsp3) is 0.579. The molecule has 0 spiro atoms. The number of likely N-dealkylation sites (tertiary alicyclic amines) is 1. The van der Waals surface area contributed by atoms with Crippen LogP contribution in [0.25, 0.3) is 0 Å². The van der Waals surface area contributed by atoms with Crippen molar-refractivity contribution in [3.8, 4) is 5.75 Å². The smallest absolute Gasteiger partial charge is 0.262 e. The Balaban J connectivity index is 1.57. The van der Waals surface area contributed by atoms with Crippen LogP contribution in [0.15, 0.2) is 17.0 Å². The number of ether oxygens (including phenoxy) is 1. The minimum absolute atomic E-state index is 0.0746. The van der Waals surface area contributed by atoms with Gasteiger partial charge in [-0.3, -0.25) is 9.59 Å². The molecule has 3 aliphatic heterocycles. The molecule has 8 nitrogen and oxygen atoms in total. The van der Waals surface area contributed by atoms with Gasteiger partial charge in [0.25, 0.3) is 5.91 Å². The van der Waals surface area contributed by atoms with E-state index in [9.17, 15) is 18.0 Å². The zero-order valence-corrected chi connectivity index (χ0v) is 16.8. The van der Waals surface area contributed by atoms with Gasteiger partial charge in [0.1, 0.15) is 5.75 Å². The maximum Gasteiger partial charge on any atom is 0.262 e. The van der Waals surface area contributed by atoms with E-state index < -0.39 is 10.0 Å². The fourth-order valence-corrected chi connectivity index (χ4v) is 5.94. The van der Waals surface area contributed by atoms with Gasteiger partial charge in [-0.15, -0.1) is 0 Å². The zero-order valence-electron chi connectivity index (χ0n) is 15.9. The average molecular weight is 407 g/mol. The molecule has 0 saturated carbocycles. The molecule has 0 aliphatic carbocycles. The quantitative estimate of drug-likeness (QED) is 0.816. The molecule has 2 fully saturated rings. The third kappa shape index (κ3) is 3.48. The highest BCUT2D eigenvalue weighted by Crippen LogP contribution is 2.35. The third-order valence-corrected chi connectivity index (χ3v) is 7.69. The molecule has 152 valence electrons. The predicted molar refractivity (Wildman–Crippen MR) is 103 cm³/mol. The second kappa shape index (κ2) is 7.36. The predicted octanol–water partition coefficient (Wildman–Crippen LogP) is 1.35. The molecular weight excluding hydrogens is 382 g/mol. The first kappa shape index (κ1) is 19.2. The van der Waals surface area contributed by atoms with Crippen molar-refractivity contribution in [3.05, 3.63) is 17.7 Å². The van der Waals surface area contributed by atoms with Crippen molar-refractivity contribution in [1.29, 1.82) is 0 Å². The summed E-state index contributed by atoms with van der Waals surface area (Å²) in [5, 5.41) is 2.69. The van der Waals surface area contributed by atoms with Crippen LogP contribution >= 0.6 is 0 Å². The molecule has 1 aromatic rings. The van der Waals surface area contributed by atoms with Gasteiger partial charge in [0.2, 0.25) is 15.9 Å². The van der Waals surface area contributed by atoms with E-state index in [0.29, 0.717) is 30.0 Å². The fourth-order valence-electron chi connectivity index (χ4n) is 4.19. The molecule has 0 aromatic heterocycles. The Morgan fingerprint density at radius 1 is 1.18 bits per heavy atom. The number of benzene rings is 1. The summed E-state index contributed by atoms with van der Waals surface area (Å²) in [5.74, 6) is -0.118. The second-order valence-electron chi connectivity index (χ2n) is 7.69. The first-order chi connectivity index (χ1) is 13.4. The molecule has 0 bridgehead atoms. The Kier molecular flexibility index (Phi) is 5.05. The van der Waals surface area contributed by atoms with Crippen molar-refractivity contribution in [2.45, 2.75) is 37.5 Å². The Bertz CT molecular complexity index is 908. The van der Waals surface area contributed by atoms with E-state index in [0.717, 1.165) is 32.4 Å². The van der Waals surface area contributed by atoms with Crippen molar-refractivity contribution in [2.75, 3.05) is 38.1 Å². The summed E-state index contributed by atoms with van der Waals surface area (Å²) in [7, 11) is -3.76. The number of rotatable bonds is 3. The van der Waals surface area contributed by atoms with Crippen LogP contribution in [0.5, 0.6) is 5.75 Å². The van der Waals surface area contributed by atoms with Gasteiger partial charge in [-0.1, -0.05) is 0 Å². The molecule has 3 aliphatic rings. The van der Waals surface area contributed by atoms with Gasteiger partial charge in [0.05, 0.1) is 16.5 Å². The van der Waals surface area contributed by atoms with E-state index in [1.165, 1.54) is 10.4 Å². The van der Waals surface area contributed by atoms with E-state index in [1.54, 1.807) is 13.0 Å². The minimum atomic E-state index is -3.76. The lowest BCUT2D eigenvalue weighted by Crippen LogP contribution is -2.46. The van der Waals surface area contributed by atoms with Crippen LogP contribution in [0.1, 0.15) is 31.2 Å². The van der Waals surface area contributed by atoms with E-state index in [1.807, 2.05) is 4.90 Å². The molecule has 0 unspecified atom stereocenters. The van der Waals surface area contributed by atoms with Crippen LogP contribution in [-0.4, -0.2) is 62.2 Å². The summed E-state index contributed by atoms with van der Waals surface area (Å²) < 4.78 is 33.4. The van der Waals surface area contributed by atoms with Crippen LogP contribution in [-0.2, 0) is 19.6 Å². The minimum Gasteiger partial charge on any atom is -0.482 e. The topological polar surface area (TPSA) is 96.0 Å². The molecule has 2 amide bonds. The van der Waals surface area contributed by atoms with Gasteiger partial charge in [-0.25, -0.2) is 8.42 Å². The van der Waals surface area contributed by atoms with Crippen LogP contribution in [0, 0.1) is 12.8 Å². The van der Waals surface area contributed by atoms with E-state index in [-0.39, 0.29) is 35.8 Å². The largest absolute Gasteiger partial charge is 0.482 e. The number of fused-ring (bicyclic) bond motifs is 1. The van der Waals surface area contributed by atoms with Gasteiger partial charge < -0.3 is 15.0 Å². The summed E-state index contributed by atoms with van der Waals surface area (Å²) >= 11 is 0. The Hall–Kier alpha value is -2.13. The molecule has 9 heteroatoms. The summed E-state index contributed by atoms with van der Waals surface area (Å²) in [6.07, 6.45) is 3.43. The van der Waals surface area contributed by atoms with Gasteiger partial charge >= 0.3 is 0 Å². The maximum absolute atomic E-state index is 13.3. The Labute approximate surface area is 164 Å². The number of carbonyl (C=O) groups excluding carboxylic acids is 2. The summed E-state index contributed by atoms with van der Waals surface area (Å²) in [4.78, 5) is 26.2. The van der Waals surface area contributed by atoms with Crippen molar-refractivity contribution >= 4 is 27.5 Å². The number of piperidine rings is 1. The van der Waals surface area contributed by atoms with Crippen LogP contribution in [0.2, 0.25) is 0 Å². The van der Waals surface area contributed by atoms with E-state index in [4.69, 9.17) is 4.74 Å². The van der Waals surface area contributed by atoms with Gasteiger partial charge in [-0.05, 0) is 44.2 Å². The number of nitrogens with zero attached hydrogens (tertiary/aromatic N) is 2. The standard InChI is InChI=1S/C19H25N3O5S/c1-13-9-15-16(27-12-18(23)20-15)10-17(13)28(25,26)22-8-4-5-14(11-22)19(24)21-6-2-3-7-21/h9-10,14H,2-8,11-12H2,1H3,(H,20,23)/t14-/m1/s1. The van der Waals surface area contributed by atoms with Crippen LogP contribution in [0.4, 0.5) is 5.69 Å². The maximum atomic E-state index is 13.3. The molecule has 3 heterocycles. The van der Waals surface area contributed by atoms with Gasteiger partial charge in [0, 0.05) is 32.2 Å². The highest BCUT2D eigenvalue weighted by molar-refractivity contribution is 7.89. The molecular formula is C19H25N3O5S. The molecule has 4 rings (SSSR count). The van der Waals surface area contributed by atoms with Gasteiger partial charge in [0.15, 0.2) is 6.61 Å². The lowest BCUT2D eigenvalue weighted by atomic mass is 9.98. The van der Waals surface area contributed by atoms with Gasteiger partial charge in [-0.2, -0.15) is 4.31 Å². The van der Waals surface area contributed by atoms with Crippen LogP contribution < -0.4 is 10.1 Å². The number of anilines is 1. The first-order valence-electron chi connectivity index (χ1n) is 9.72. The number of hydrogen-bond donors (Lipinski definition) is 1. The molecule has 0 radical (unpaired) electrons. The highest BCUT2D eigenvalue weighted by atomic mass is 32.2. The first-order valence-corrected chi connectivity index (χ1v) is 11.2. The molecule has 2 saturated heterocycles. The normalized spacial score (nSPS) is 23.1. The van der Waals surface area contributed by atoms with E-state index >= 15 is 0 Å². The summed E-state index contributed by atoms with van der Waals surface area (Å²) in [5.41, 5.74) is 1.02.